The molecule has 2 rings (SSSR count). The average molecular weight is 183 g/mol. The van der Waals surface area contributed by atoms with Gasteiger partial charge in [-0.25, -0.2) is 0 Å². The average Bonchev–Trinajstić information content (AvgIpc) is 2.61. The molecule has 0 heterocycles. The van der Waals surface area contributed by atoms with Crippen LogP contribution < -0.4 is 0 Å². The van der Waals surface area contributed by atoms with E-state index in [4.69, 9.17) is 0 Å². The third-order valence-electron chi connectivity index (χ3n) is 3.98. The molecule has 0 saturated heterocycles. The van der Waals surface area contributed by atoms with Crippen molar-refractivity contribution < 1.29 is 9.90 Å². The van der Waals surface area contributed by atoms with E-state index in [-0.39, 0.29) is 0 Å². The highest BCUT2D eigenvalue weighted by Gasteiger charge is 2.57. The maximum Gasteiger partial charge on any atom is 0.324 e. The maximum atomic E-state index is 11.3. The van der Waals surface area contributed by atoms with Crippen molar-refractivity contribution in [2.24, 2.45) is 11.8 Å². The van der Waals surface area contributed by atoms with Gasteiger partial charge in [0.2, 0.25) is 0 Å². The van der Waals surface area contributed by atoms with Crippen LogP contribution in [0.15, 0.2) is 0 Å². The number of carbonyl (C=O) groups is 1. The van der Waals surface area contributed by atoms with Gasteiger partial charge in [0.25, 0.3) is 0 Å². The van der Waals surface area contributed by atoms with E-state index in [0.29, 0.717) is 11.8 Å². The molecule has 3 atom stereocenters. The number of carboxylic acid groups (broad SMARTS) is 1. The van der Waals surface area contributed by atoms with Crippen LogP contribution in [0.1, 0.15) is 25.7 Å². The highest BCUT2D eigenvalue weighted by Crippen LogP contribution is 2.52. The van der Waals surface area contributed by atoms with Gasteiger partial charge in [0.05, 0.1) is 0 Å². The van der Waals surface area contributed by atoms with Crippen LogP contribution in [0.5, 0.6) is 0 Å². The fraction of sp³-hybridized carbons (Fsp3) is 0.900. The molecule has 3 unspecified atom stereocenters. The molecule has 2 saturated carbocycles. The quantitative estimate of drug-likeness (QED) is 0.699. The summed E-state index contributed by atoms with van der Waals surface area (Å²) in [6.45, 7) is 0. The molecule has 0 aromatic rings. The van der Waals surface area contributed by atoms with Crippen molar-refractivity contribution in [3.63, 3.8) is 0 Å². The first-order chi connectivity index (χ1) is 6.07. The van der Waals surface area contributed by atoms with E-state index in [1.807, 2.05) is 19.0 Å². The zero-order valence-electron chi connectivity index (χ0n) is 8.29. The summed E-state index contributed by atoms with van der Waals surface area (Å²) in [5.41, 5.74) is -0.539. The van der Waals surface area contributed by atoms with Crippen molar-refractivity contribution in [1.29, 1.82) is 0 Å². The summed E-state index contributed by atoms with van der Waals surface area (Å²) < 4.78 is 0. The Kier molecular flexibility index (Phi) is 1.88. The van der Waals surface area contributed by atoms with Gasteiger partial charge in [0.15, 0.2) is 0 Å². The number of aliphatic carboxylic acids is 1. The number of fused-ring (bicyclic) bond motifs is 2. The van der Waals surface area contributed by atoms with E-state index in [0.717, 1.165) is 19.3 Å². The molecule has 2 aliphatic rings. The minimum Gasteiger partial charge on any atom is -0.480 e. The summed E-state index contributed by atoms with van der Waals surface area (Å²) >= 11 is 0. The van der Waals surface area contributed by atoms with E-state index in [1.165, 1.54) is 6.42 Å². The zero-order chi connectivity index (χ0) is 9.64. The first-order valence-corrected chi connectivity index (χ1v) is 4.98. The predicted octanol–water partition coefficient (Wildman–Crippen LogP) is 1.19. The van der Waals surface area contributed by atoms with Crippen molar-refractivity contribution in [2.45, 2.75) is 31.2 Å². The topological polar surface area (TPSA) is 40.5 Å². The van der Waals surface area contributed by atoms with Gasteiger partial charge >= 0.3 is 5.97 Å². The van der Waals surface area contributed by atoms with Crippen LogP contribution in [0.25, 0.3) is 0 Å². The number of hydrogen-bond donors (Lipinski definition) is 1. The fourth-order valence-electron chi connectivity index (χ4n) is 3.30. The molecule has 1 N–H and O–H groups in total. The zero-order valence-corrected chi connectivity index (χ0v) is 8.29. The van der Waals surface area contributed by atoms with Crippen LogP contribution in [0, 0.1) is 11.8 Å². The largest absolute Gasteiger partial charge is 0.480 e. The fourth-order valence-corrected chi connectivity index (χ4v) is 3.30. The molecular weight excluding hydrogens is 166 g/mol. The van der Waals surface area contributed by atoms with Gasteiger partial charge < -0.3 is 5.11 Å². The lowest BCUT2D eigenvalue weighted by Gasteiger charge is -2.39. The normalized spacial score (nSPS) is 43.0. The smallest absolute Gasteiger partial charge is 0.324 e. The number of hydrogen-bond acceptors (Lipinski definition) is 2. The lowest BCUT2D eigenvalue weighted by Crippen LogP contribution is -2.54. The van der Waals surface area contributed by atoms with E-state index in [1.54, 1.807) is 0 Å². The summed E-state index contributed by atoms with van der Waals surface area (Å²) in [5, 5.41) is 9.31. The molecule has 0 amide bonds. The van der Waals surface area contributed by atoms with Gasteiger partial charge in [-0.1, -0.05) is 6.42 Å². The SMILES string of the molecule is CN(C)C1(C(=O)O)CC2CCC1C2. The van der Waals surface area contributed by atoms with Crippen LogP contribution in [-0.4, -0.2) is 35.6 Å². The molecule has 0 spiro atoms. The molecule has 2 aliphatic carbocycles. The molecule has 74 valence electrons. The lowest BCUT2D eigenvalue weighted by atomic mass is 9.80. The Morgan fingerprint density at radius 3 is 2.38 bits per heavy atom. The Hall–Kier alpha value is -0.570. The summed E-state index contributed by atoms with van der Waals surface area (Å²) in [5.74, 6) is 0.443. The lowest BCUT2D eigenvalue weighted by molar-refractivity contribution is -0.153. The molecule has 2 bridgehead atoms. The van der Waals surface area contributed by atoms with Gasteiger partial charge in [-0.2, -0.15) is 0 Å². The Morgan fingerprint density at radius 2 is 2.15 bits per heavy atom. The molecule has 0 aromatic heterocycles. The minimum atomic E-state index is -0.621. The maximum absolute atomic E-state index is 11.3. The summed E-state index contributed by atoms with van der Waals surface area (Å²) in [4.78, 5) is 13.2. The third kappa shape index (κ3) is 1.03. The Morgan fingerprint density at radius 1 is 1.46 bits per heavy atom. The van der Waals surface area contributed by atoms with Gasteiger partial charge in [-0.05, 0) is 45.2 Å². The van der Waals surface area contributed by atoms with Crippen molar-refractivity contribution in [3.8, 4) is 0 Å². The summed E-state index contributed by atoms with van der Waals surface area (Å²) in [6, 6.07) is 0. The molecule has 0 aromatic carbocycles. The highest BCUT2D eigenvalue weighted by atomic mass is 16.4. The number of nitrogens with zero attached hydrogens (tertiary/aromatic N) is 1. The molecule has 3 nitrogen and oxygen atoms in total. The van der Waals surface area contributed by atoms with Crippen LogP contribution in [0.3, 0.4) is 0 Å². The van der Waals surface area contributed by atoms with Gasteiger partial charge in [0.1, 0.15) is 5.54 Å². The second-order valence-corrected chi connectivity index (χ2v) is 4.70. The van der Waals surface area contributed by atoms with Gasteiger partial charge in [-0.15, -0.1) is 0 Å². The van der Waals surface area contributed by atoms with Crippen molar-refractivity contribution in [2.75, 3.05) is 14.1 Å². The number of likely N-dealkylation sites (N-methyl/N-ethyl adjacent to an activating group) is 1. The second kappa shape index (κ2) is 2.71. The minimum absolute atomic E-state index is 0.394. The first-order valence-electron chi connectivity index (χ1n) is 4.98. The van der Waals surface area contributed by atoms with Crippen molar-refractivity contribution in [1.82, 2.24) is 4.90 Å². The standard InChI is InChI=1S/C10H17NO2/c1-11(2)10(9(12)13)6-7-3-4-8(10)5-7/h7-8H,3-6H2,1-2H3,(H,12,13). The van der Waals surface area contributed by atoms with Gasteiger partial charge in [-0.3, -0.25) is 9.69 Å². The molecule has 3 heteroatoms. The Bertz CT molecular complexity index is 239. The van der Waals surface area contributed by atoms with Crippen LogP contribution in [0.4, 0.5) is 0 Å². The molecule has 2 fully saturated rings. The highest BCUT2D eigenvalue weighted by molar-refractivity contribution is 5.80. The van der Waals surface area contributed by atoms with E-state index >= 15 is 0 Å². The first kappa shape index (κ1) is 9.00. The molecular formula is C10H17NO2. The van der Waals surface area contributed by atoms with E-state index in [9.17, 15) is 9.90 Å². The predicted molar refractivity (Wildman–Crippen MR) is 49.5 cm³/mol. The third-order valence-corrected chi connectivity index (χ3v) is 3.98. The Balaban J connectivity index is 2.30. The number of carboxylic acids is 1. The second-order valence-electron chi connectivity index (χ2n) is 4.70. The van der Waals surface area contributed by atoms with Crippen molar-refractivity contribution in [3.05, 3.63) is 0 Å². The molecule has 13 heavy (non-hydrogen) atoms. The van der Waals surface area contributed by atoms with E-state index < -0.39 is 11.5 Å². The summed E-state index contributed by atoms with van der Waals surface area (Å²) in [7, 11) is 3.80. The molecule has 0 aliphatic heterocycles. The van der Waals surface area contributed by atoms with Crippen LogP contribution in [0.2, 0.25) is 0 Å². The van der Waals surface area contributed by atoms with Crippen molar-refractivity contribution >= 4 is 5.97 Å². The van der Waals surface area contributed by atoms with Crippen LogP contribution >= 0.6 is 0 Å². The van der Waals surface area contributed by atoms with E-state index in [2.05, 4.69) is 0 Å². The monoisotopic (exact) mass is 183 g/mol. The molecule has 0 radical (unpaired) electrons. The summed E-state index contributed by atoms with van der Waals surface area (Å²) in [6.07, 6.45) is 4.34. The number of rotatable bonds is 2. The van der Waals surface area contributed by atoms with Crippen LogP contribution in [-0.2, 0) is 4.79 Å². The van der Waals surface area contributed by atoms with Gasteiger partial charge in [0, 0.05) is 0 Å². The Labute approximate surface area is 78.7 Å².